The van der Waals surface area contributed by atoms with E-state index < -0.39 is 0 Å². The van der Waals surface area contributed by atoms with E-state index in [4.69, 9.17) is 16.3 Å². The molecule has 0 bridgehead atoms. The molecule has 0 aromatic heterocycles. The number of aryl methyl sites for hydroxylation is 1. The Labute approximate surface area is 166 Å². The Bertz CT molecular complexity index is 803. The molecule has 2 aromatic carbocycles. The van der Waals surface area contributed by atoms with E-state index in [9.17, 15) is 5.11 Å². The zero-order chi connectivity index (χ0) is 18.8. The second-order valence-corrected chi connectivity index (χ2v) is 7.98. The highest BCUT2D eigenvalue weighted by Crippen LogP contribution is 2.30. The van der Waals surface area contributed by atoms with Crippen molar-refractivity contribution in [3.8, 4) is 5.75 Å². The molecule has 5 heteroatoms. The van der Waals surface area contributed by atoms with E-state index in [-0.39, 0.29) is 6.61 Å². The molecule has 2 aliphatic heterocycles. The minimum absolute atomic E-state index is 0.0742. The summed E-state index contributed by atoms with van der Waals surface area (Å²) < 4.78 is 5.94. The molecule has 2 aliphatic rings. The van der Waals surface area contributed by atoms with Gasteiger partial charge in [0, 0.05) is 48.5 Å². The molecule has 2 heterocycles. The van der Waals surface area contributed by atoms with Gasteiger partial charge in [-0.25, -0.2) is 0 Å². The van der Waals surface area contributed by atoms with Crippen molar-refractivity contribution in [1.29, 1.82) is 0 Å². The first-order valence-corrected chi connectivity index (χ1v) is 10.1. The van der Waals surface area contributed by atoms with Gasteiger partial charge in [0.1, 0.15) is 12.4 Å². The van der Waals surface area contributed by atoms with Crippen LogP contribution < -0.4 is 9.64 Å². The minimum atomic E-state index is 0.0742. The second-order valence-electron chi connectivity index (χ2n) is 7.57. The van der Waals surface area contributed by atoms with Crippen molar-refractivity contribution in [2.45, 2.75) is 39.0 Å². The van der Waals surface area contributed by atoms with Crippen molar-refractivity contribution >= 4 is 17.3 Å². The van der Waals surface area contributed by atoms with Gasteiger partial charge in [-0.05, 0) is 55.2 Å². The van der Waals surface area contributed by atoms with Gasteiger partial charge in [0.2, 0.25) is 0 Å². The van der Waals surface area contributed by atoms with Gasteiger partial charge in [0.05, 0.1) is 6.61 Å². The Morgan fingerprint density at radius 1 is 1.11 bits per heavy atom. The fourth-order valence-electron chi connectivity index (χ4n) is 4.15. The predicted octanol–water partition coefficient (Wildman–Crippen LogP) is 4.00. The van der Waals surface area contributed by atoms with Crippen molar-refractivity contribution in [3.05, 3.63) is 58.1 Å². The van der Waals surface area contributed by atoms with Crippen molar-refractivity contribution in [3.63, 3.8) is 0 Å². The van der Waals surface area contributed by atoms with Crippen LogP contribution in [0, 0.1) is 6.92 Å². The highest BCUT2D eigenvalue weighted by Gasteiger charge is 2.27. The topological polar surface area (TPSA) is 35.9 Å². The summed E-state index contributed by atoms with van der Waals surface area (Å²) in [5.74, 6) is 0.960. The van der Waals surface area contributed by atoms with E-state index in [0.717, 1.165) is 67.5 Å². The van der Waals surface area contributed by atoms with Crippen LogP contribution in [0.25, 0.3) is 0 Å². The molecule has 1 fully saturated rings. The van der Waals surface area contributed by atoms with E-state index in [1.165, 1.54) is 11.3 Å². The number of nitrogens with zero attached hydrogens (tertiary/aromatic N) is 2. The molecule has 0 amide bonds. The quantitative estimate of drug-likeness (QED) is 0.864. The van der Waals surface area contributed by atoms with E-state index >= 15 is 0 Å². The lowest BCUT2D eigenvalue weighted by atomic mass is 10.0. The average molecular weight is 387 g/mol. The summed E-state index contributed by atoms with van der Waals surface area (Å²) in [5.41, 5.74) is 4.49. The number of ether oxygens (including phenoxy) is 1. The largest absolute Gasteiger partial charge is 0.492 e. The summed E-state index contributed by atoms with van der Waals surface area (Å²) >= 11 is 6.31. The fourth-order valence-corrected chi connectivity index (χ4v) is 4.32. The van der Waals surface area contributed by atoms with Gasteiger partial charge in [-0.3, -0.25) is 4.90 Å². The number of aliphatic hydroxyl groups excluding tert-OH is 1. The standard InChI is InChI=1S/C22H27ClN2O2/c1-16-2-4-20(13-21(16)23)24-8-6-19(7-9-24)25-10-11-27-22-5-3-17(15-26)12-18(22)14-25/h2-5,12-13,19,26H,6-11,14-15H2,1H3. The normalized spacial score (nSPS) is 18.7. The zero-order valence-electron chi connectivity index (χ0n) is 15.8. The Morgan fingerprint density at radius 2 is 1.93 bits per heavy atom. The molecule has 144 valence electrons. The lowest BCUT2D eigenvalue weighted by Crippen LogP contribution is -2.45. The number of fused-ring (bicyclic) bond motifs is 1. The first kappa shape index (κ1) is 18.6. The summed E-state index contributed by atoms with van der Waals surface area (Å²) in [7, 11) is 0. The van der Waals surface area contributed by atoms with Crippen molar-refractivity contribution in [1.82, 2.24) is 4.90 Å². The highest BCUT2D eigenvalue weighted by molar-refractivity contribution is 6.31. The molecular formula is C22H27ClN2O2. The monoisotopic (exact) mass is 386 g/mol. The Hall–Kier alpha value is -1.75. The third-order valence-electron chi connectivity index (χ3n) is 5.82. The number of hydrogen-bond acceptors (Lipinski definition) is 4. The van der Waals surface area contributed by atoms with Crippen LogP contribution in [0.15, 0.2) is 36.4 Å². The molecule has 0 atom stereocenters. The van der Waals surface area contributed by atoms with E-state index in [2.05, 4.69) is 34.1 Å². The Balaban J connectivity index is 1.42. The molecular weight excluding hydrogens is 360 g/mol. The molecule has 0 radical (unpaired) electrons. The molecule has 0 unspecified atom stereocenters. The summed E-state index contributed by atoms with van der Waals surface area (Å²) in [6.07, 6.45) is 2.28. The maximum absolute atomic E-state index is 9.43. The van der Waals surface area contributed by atoms with Gasteiger partial charge in [-0.2, -0.15) is 0 Å². The molecule has 2 aromatic rings. The van der Waals surface area contributed by atoms with Crippen molar-refractivity contribution in [2.75, 3.05) is 31.1 Å². The van der Waals surface area contributed by atoms with Crippen LogP contribution in [-0.4, -0.2) is 42.3 Å². The fraction of sp³-hybridized carbons (Fsp3) is 0.455. The first-order valence-electron chi connectivity index (χ1n) is 9.74. The predicted molar refractivity (Wildman–Crippen MR) is 110 cm³/mol. The summed E-state index contributed by atoms with van der Waals surface area (Å²) in [4.78, 5) is 4.99. The lowest BCUT2D eigenvalue weighted by Gasteiger charge is -2.39. The summed E-state index contributed by atoms with van der Waals surface area (Å²) in [6, 6.07) is 12.9. The second kappa shape index (κ2) is 8.09. The van der Waals surface area contributed by atoms with Gasteiger partial charge in [-0.15, -0.1) is 0 Å². The van der Waals surface area contributed by atoms with Crippen LogP contribution in [0.5, 0.6) is 5.75 Å². The van der Waals surface area contributed by atoms with Crippen LogP contribution in [-0.2, 0) is 13.2 Å². The van der Waals surface area contributed by atoms with Crippen LogP contribution in [0.3, 0.4) is 0 Å². The molecule has 4 nitrogen and oxygen atoms in total. The molecule has 0 saturated carbocycles. The van der Waals surface area contributed by atoms with E-state index in [0.29, 0.717) is 6.04 Å². The van der Waals surface area contributed by atoms with Crippen molar-refractivity contribution < 1.29 is 9.84 Å². The number of anilines is 1. The van der Waals surface area contributed by atoms with E-state index in [1.807, 2.05) is 19.1 Å². The number of hydrogen-bond donors (Lipinski definition) is 1. The van der Waals surface area contributed by atoms with Gasteiger partial charge < -0.3 is 14.7 Å². The van der Waals surface area contributed by atoms with Crippen LogP contribution in [0.2, 0.25) is 5.02 Å². The number of rotatable bonds is 3. The molecule has 1 saturated heterocycles. The van der Waals surface area contributed by atoms with Gasteiger partial charge in [0.25, 0.3) is 0 Å². The molecule has 0 spiro atoms. The van der Waals surface area contributed by atoms with Gasteiger partial charge in [-0.1, -0.05) is 23.7 Å². The van der Waals surface area contributed by atoms with Gasteiger partial charge in [0.15, 0.2) is 0 Å². The summed E-state index contributed by atoms with van der Waals surface area (Å²) in [6.45, 7) is 6.77. The molecule has 0 aliphatic carbocycles. The summed E-state index contributed by atoms with van der Waals surface area (Å²) in [5, 5.41) is 10.3. The molecule has 27 heavy (non-hydrogen) atoms. The zero-order valence-corrected chi connectivity index (χ0v) is 16.6. The van der Waals surface area contributed by atoms with Crippen LogP contribution in [0.1, 0.15) is 29.5 Å². The SMILES string of the molecule is Cc1ccc(N2CCC(N3CCOc4ccc(CO)cc4C3)CC2)cc1Cl. The number of halogens is 1. The first-order chi connectivity index (χ1) is 13.1. The Kier molecular flexibility index (Phi) is 5.58. The van der Waals surface area contributed by atoms with Crippen LogP contribution in [0.4, 0.5) is 5.69 Å². The minimum Gasteiger partial charge on any atom is -0.492 e. The Morgan fingerprint density at radius 3 is 2.67 bits per heavy atom. The van der Waals surface area contributed by atoms with E-state index in [1.54, 1.807) is 0 Å². The number of aliphatic hydroxyl groups is 1. The third-order valence-corrected chi connectivity index (χ3v) is 6.23. The number of piperidine rings is 1. The maximum Gasteiger partial charge on any atom is 0.123 e. The van der Waals surface area contributed by atoms with Crippen molar-refractivity contribution in [2.24, 2.45) is 0 Å². The average Bonchev–Trinajstić information content (AvgIpc) is 2.92. The third kappa shape index (κ3) is 4.08. The molecule has 4 rings (SSSR count). The molecule has 1 N–H and O–H groups in total. The number of benzene rings is 2. The lowest BCUT2D eigenvalue weighted by molar-refractivity contribution is 0.147. The smallest absolute Gasteiger partial charge is 0.123 e. The maximum atomic E-state index is 9.43. The van der Waals surface area contributed by atoms with Gasteiger partial charge >= 0.3 is 0 Å². The van der Waals surface area contributed by atoms with Crippen LogP contribution >= 0.6 is 11.6 Å². The highest BCUT2D eigenvalue weighted by atomic mass is 35.5.